The summed E-state index contributed by atoms with van der Waals surface area (Å²) in [6.45, 7) is 1.94. The van der Waals surface area contributed by atoms with Crippen LogP contribution in [0.5, 0.6) is 0 Å². The Bertz CT molecular complexity index is 617. The first-order valence-corrected chi connectivity index (χ1v) is 6.69. The topological polar surface area (TPSA) is 76.7 Å². The lowest BCUT2D eigenvalue weighted by Gasteiger charge is -2.38. The van der Waals surface area contributed by atoms with E-state index in [1.54, 1.807) is 0 Å². The number of nitrogens with one attached hydrogen (secondary N) is 2. The van der Waals surface area contributed by atoms with Crippen molar-refractivity contribution in [3.8, 4) is 0 Å². The zero-order valence-corrected chi connectivity index (χ0v) is 12.8. The van der Waals surface area contributed by atoms with Crippen molar-refractivity contribution >= 4 is 34.8 Å². The van der Waals surface area contributed by atoms with Crippen LogP contribution in [0.3, 0.4) is 0 Å². The molecule has 0 aromatic heterocycles. The summed E-state index contributed by atoms with van der Waals surface area (Å²) in [4.78, 5) is 24.1. The van der Waals surface area contributed by atoms with E-state index in [4.69, 9.17) is 17.0 Å². The highest BCUT2D eigenvalue weighted by molar-refractivity contribution is 7.80. The fourth-order valence-electron chi connectivity index (χ4n) is 2.20. The van der Waals surface area contributed by atoms with E-state index in [0.29, 0.717) is 10.7 Å². The molecular weight excluding hydrogens is 292 g/mol. The summed E-state index contributed by atoms with van der Waals surface area (Å²) in [5.41, 5.74) is 1.02. The molecule has 2 rings (SSSR count). The molecule has 1 atom stereocenters. The predicted octanol–water partition coefficient (Wildman–Crippen LogP) is 1.12. The van der Waals surface area contributed by atoms with Gasteiger partial charge in [-0.05, 0) is 19.1 Å². The second-order valence-electron chi connectivity index (χ2n) is 4.78. The van der Waals surface area contributed by atoms with Gasteiger partial charge in [-0.3, -0.25) is 4.79 Å². The Labute approximate surface area is 127 Å². The third kappa shape index (κ3) is 2.82. The van der Waals surface area contributed by atoms with E-state index >= 15 is 0 Å². The first kappa shape index (κ1) is 15.2. The summed E-state index contributed by atoms with van der Waals surface area (Å²) in [5, 5.41) is 5.88. The van der Waals surface area contributed by atoms with Crippen molar-refractivity contribution in [2.24, 2.45) is 0 Å². The van der Waals surface area contributed by atoms with E-state index < -0.39 is 17.6 Å². The molecule has 1 aliphatic heterocycles. The van der Waals surface area contributed by atoms with Gasteiger partial charge in [-0.15, -0.1) is 0 Å². The number of benzene rings is 1. The molecule has 1 aromatic carbocycles. The first-order valence-electron chi connectivity index (χ1n) is 6.28. The standard InChI is InChI=1S/C14H16N2O4S/c1-8-4-5-10-9(6-8)12(21)16-14(15-10,13(18)20-3)7-11(17)19-2/h4-6,15H,7H2,1-3H3,(H,16,21). The summed E-state index contributed by atoms with van der Waals surface area (Å²) in [6, 6.07) is 5.60. The number of fused-ring (bicyclic) bond motifs is 1. The Balaban J connectivity index is 2.45. The molecule has 1 aromatic rings. The monoisotopic (exact) mass is 308 g/mol. The van der Waals surface area contributed by atoms with E-state index in [-0.39, 0.29) is 6.42 Å². The number of carbonyl (C=O) groups is 2. The number of hydrogen-bond donors (Lipinski definition) is 2. The molecule has 0 aliphatic carbocycles. The van der Waals surface area contributed by atoms with Gasteiger partial charge in [0, 0.05) is 11.3 Å². The molecular formula is C14H16N2O4S. The normalized spacial score (nSPS) is 19.9. The second kappa shape index (κ2) is 5.69. The van der Waals surface area contributed by atoms with E-state index in [2.05, 4.69) is 15.4 Å². The minimum Gasteiger partial charge on any atom is -0.469 e. The molecule has 2 N–H and O–H groups in total. The first-order chi connectivity index (χ1) is 9.91. The molecule has 7 heteroatoms. The van der Waals surface area contributed by atoms with Gasteiger partial charge < -0.3 is 20.1 Å². The van der Waals surface area contributed by atoms with Crippen LogP contribution in [0.15, 0.2) is 18.2 Å². The minimum atomic E-state index is -1.46. The number of rotatable bonds is 3. The van der Waals surface area contributed by atoms with Crippen LogP contribution in [0.25, 0.3) is 0 Å². The third-order valence-electron chi connectivity index (χ3n) is 3.27. The molecule has 0 radical (unpaired) electrons. The molecule has 0 fully saturated rings. The second-order valence-corrected chi connectivity index (χ2v) is 5.19. The maximum atomic E-state index is 12.1. The Morgan fingerprint density at radius 1 is 1.24 bits per heavy atom. The van der Waals surface area contributed by atoms with Crippen molar-refractivity contribution in [2.45, 2.75) is 19.0 Å². The van der Waals surface area contributed by atoms with Crippen molar-refractivity contribution in [3.63, 3.8) is 0 Å². The van der Waals surface area contributed by atoms with Crippen LogP contribution in [-0.2, 0) is 19.1 Å². The molecule has 1 aliphatic rings. The lowest BCUT2D eigenvalue weighted by atomic mass is 9.98. The van der Waals surface area contributed by atoms with E-state index in [1.807, 2.05) is 25.1 Å². The fraction of sp³-hybridized carbons (Fsp3) is 0.357. The molecule has 1 unspecified atom stereocenters. The lowest BCUT2D eigenvalue weighted by molar-refractivity contribution is -0.153. The van der Waals surface area contributed by atoms with Crippen molar-refractivity contribution < 1.29 is 19.1 Å². The molecule has 6 nitrogen and oxygen atoms in total. The highest BCUT2D eigenvalue weighted by atomic mass is 32.1. The lowest BCUT2D eigenvalue weighted by Crippen LogP contribution is -2.63. The summed E-state index contributed by atoms with van der Waals surface area (Å²) in [5.74, 6) is -1.19. The van der Waals surface area contributed by atoms with Crippen LogP contribution in [0.2, 0.25) is 0 Å². The van der Waals surface area contributed by atoms with Gasteiger partial charge in [0.2, 0.25) is 5.66 Å². The number of carbonyl (C=O) groups excluding carboxylic acids is 2. The van der Waals surface area contributed by atoms with E-state index in [0.717, 1.165) is 11.1 Å². The van der Waals surface area contributed by atoms with Crippen LogP contribution >= 0.6 is 12.2 Å². The van der Waals surface area contributed by atoms with Crippen molar-refractivity contribution in [3.05, 3.63) is 29.3 Å². The molecule has 0 saturated heterocycles. The molecule has 1 heterocycles. The predicted molar refractivity (Wildman–Crippen MR) is 81.0 cm³/mol. The maximum absolute atomic E-state index is 12.1. The molecule has 0 amide bonds. The number of hydrogen-bond acceptors (Lipinski definition) is 6. The number of methoxy groups -OCH3 is 2. The van der Waals surface area contributed by atoms with Gasteiger partial charge >= 0.3 is 11.9 Å². The van der Waals surface area contributed by atoms with Crippen LogP contribution in [0.1, 0.15) is 17.5 Å². The minimum absolute atomic E-state index is 0.246. The average Bonchev–Trinajstić information content (AvgIpc) is 2.47. The highest BCUT2D eigenvalue weighted by Crippen LogP contribution is 2.29. The van der Waals surface area contributed by atoms with Gasteiger partial charge in [0.1, 0.15) is 4.99 Å². The van der Waals surface area contributed by atoms with Crippen LogP contribution in [-0.4, -0.2) is 36.8 Å². The Kier molecular flexibility index (Phi) is 4.13. The molecule has 0 saturated carbocycles. The number of esters is 2. The van der Waals surface area contributed by atoms with Crippen molar-refractivity contribution in [2.75, 3.05) is 19.5 Å². The van der Waals surface area contributed by atoms with Gasteiger partial charge in [-0.25, -0.2) is 4.79 Å². The summed E-state index contributed by atoms with van der Waals surface area (Å²) < 4.78 is 9.44. The maximum Gasteiger partial charge on any atom is 0.353 e. The molecule has 0 spiro atoms. The molecule has 0 bridgehead atoms. The fourth-order valence-corrected chi connectivity index (χ4v) is 2.55. The highest BCUT2D eigenvalue weighted by Gasteiger charge is 2.46. The Hall–Kier alpha value is -2.15. The number of aryl methyl sites for hydroxylation is 1. The Morgan fingerprint density at radius 3 is 2.57 bits per heavy atom. The largest absolute Gasteiger partial charge is 0.469 e. The smallest absolute Gasteiger partial charge is 0.353 e. The quantitative estimate of drug-likeness (QED) is 0.640. The summed E-state index contributed by atoms with van der Waals surface area (Å²) in [7, 11) is 2.50. The van der Waals surface area contributed by atoms with Crippen LogP contribution in [0.4, 0.5) is 5.69 Å². The van der Waals surface area contributed by atoms with Crippen molar-refractivity contribution in [1.82, 2.24) is 5.32 Å². The number of ether oxygens (including phenoxy) is 2. The SMILES string of the molecule is COC(=O)CC1(C(=O)OC)NC(=S)c2cc(C)ccc2N1. The van der Waals surface area contributed by atoms with Crippen LogP contribution < -0.4 is 10.6 Å². The summed E-state index contributed by atoms with van der Waals surface area (Å²) in [6.07, 6.45) is -0.246. The molecule has 112 valence electrons. The third-order valence-corrected chi connectivity index (χ3v) is 3.59. The van der Waals surface area contributed by atoms with Gasteiger partial charge in [-0.1, -0.05) is 23.8 Å². The van der Waals surface area contributed by atoms with Gasteiger partial charge in [-0.2, -0.15) is 0 Å². The molecule has 21 heavy (non-hydrogen) atoms. The average molecular weight is 308 g/mol. The Morgan fingerprint density at radius 2 is 1.95 bits per heavy atom. The number of thiocarbonyl (C=S) groups is 1. The van der Waals surface area contributed by atoms with Gasteiger partial charge in [0.15, 0.2) is 0 Å². The summed E-state index contributed by atoms with van der Waals surface area (Å²) >= 11 is 5.31. The number of anilines is 1. The zero-order valence-electron chi connectivity index (χ0n) is 12.0. The zero-order chi connectivity index (χ0) is 15.6. The van der Waals surface area contributed by atoms with Gasteiger partial charge in [0.25, 0.3) is 0 Å². The van der Waals surface area contributed by atoms with E-state index in [9.17, 15) is 9.59 Å². The van der Waals surface area contributed by atoms with Crippen molar-refractivity contribution in [1.29, 1.82) is 0 Å². The van der Waals surface area contributed by atoms with E-state index in [1.165, 1.54) is 14.2 Å². The van der Waals surface area contributed by atoms with Crippen LogP contribution in [0, 0.1) is 6.92 Å². The van der Waals surface area contributed by atoms with Gasteiger partial charge in [0.05, 0.1) is 20.6 Å².